The Bertz CT molecular complexity index is 570. The van der Waals surface area contributed by atoms with Crippen LogP contribution in [0.2, 0.25) is 0 Å². The number of amides is 1. The fraction of sp³-hybridized carbons (Fsp3) is 0.500. The number of ether oxygens (including phenoxy) is 1. The maximum atomic E-state index is 12.2. The van der Waals surface area contributed by atoms with Crippen LogP contribution >= 0.6 is 0 Å². The van der Waals surface area contributed by atoms with Crippen molar-refractivity contribution >= 4 is 5.91 Å². The SMILES string of the molecule is C=CCN1CCC(NC(=O)c2cccc(OCC(F)(F)F)n2)CC1. The summed E-state index contributed by atoms with van der Waals surface area (Å²) < 4.78 is 41.0. The summed E-state index contributed by atoms with van der Waals surface area (Å²) in [7, 11) is 0. The van der Waals surface area contributed by atoms with Gasteiger partial charge < -0.3 is 10.1 Å². The molecule has 5 nitrogen and oxygen atoms in total. The third kappa shape index (κ3) is 5.84. The molecule has 0 radical (unpaired) electrons. The molecule has 0 spiro atoms. The molecule has 2 heterocycles. The zero-order chi connectivity index (χ0) is 17.6. The second kappa shape index (κ2) is 8.14. The van der Waals surface area contributed by atoms with Gasteiger partial charge in [-0.15, -0.1) is 6.58 Å². The van der Waals surface area contributed by atoms with E-state index in [0.717, 1.165) is 32.5 Å². The number of hydrogen-bond donors (Lipinski definition) is 1. The third-order valence-electron chi connectivity index (χ3n) is 3.65. The number of halogens is 3. The van der Waals surface area contributed by atoms with Crippen molar-refractivity contribution < 1.29 is 22.7 Å². The highest BCUT2D eigenvalue weighted by Gasteiger charge is 2.29. The van der Waals surface area contributed by atoms with Crippen molar-refractivity contribution in [3.05, 3.63) is 36.5 Å². The topological polar surface area (TPSA) is 54.5 Å². The lowest BCUT2D eigenvalue weighted by atomic mass is 10.0. The summed E-state index contributed by atoms with van der Waals surface area (Å²) >= 11 is 0. The third-order valence-corrected chi connectivity index (χ3v) is 3.65. The number of likely N-dealkylation sites (tertiary alicyclic amines) is 1. The average molecular weight is 343 g/mol. The zero-order valence-corrected chi connectivity index (χ0v) is 13.2. The number of carbonyl (C=O) groups excluding carboxylic acids is 1. The van der Waals surface area contributed by atoms with Gasteiger partial charge in [0.05, 0.1) is 0 Å². The van der Waals surface area contributed by atoms with Gasteiger partial charge in [0.2, 0.25) is 5.88 Å². The molecule has 2 rings (SSSR count). The highest BCUT2D eigenvalue weighted by molar-refractivity contribution is 5.92. The van der Waals surface area contributed by atoms with Crippen molar-refractivity contribution in [3.8, 4) is 5.88 Å². The van der Waals surface area contributed by atoms with Gasteiger partial charge in [-0.3, -0.25) is 9.69 Å². The van der Waals surface area contributed by atoms with Crippen LogP contribution in [-0.4, -0.2) is 54.3 Å². The molecule has 0 atom stereocenters. The molecule has 1 aromatic rings. The number of pyridine rings is 1. The first-order valence-corrected chi connectivity index (χ1v) is 7.68. The first kappa shape index (κ1) is 18.3. The number of carbonyl (C=O) groups is 1. The van der Waals surface area contributed by atoms with Crippen molar-refractivity contribution in [2.75, 3.05) is 26.2 Å². The predicted molar refractivity (Wildman–Crippen MR) is 82.9 cm³/mol. The van der Waals surface area contributed by atoms with Gasteiger partial charge >= 0.3 is 6.18 Å². The summed E-state index contributed by atoms with van der Waals surface area (Å²) in [4.78, 5) is 18.3. The van der Waals surface area contributed by atoms with Crippen molar-refractivity contribution in [2.24, 2.45) is 0 Å². The molecule has 0 saturated carbocycles. The first-order valence-electron chi connectivity index (χ1n) is 7.68. The molecule has 1 aliphatic heterocycles. The van der Waals surface area contributed by atoms with Crippen LogP contribution in [-0.2, 0) is 0 Å². The van der Waals surface area contributed by atoms with E-state index in [0.29, 0.717) is 0 Å². The van der Waals surface area contributed by atoms with Crippen molar-refractivity contribution in [1.82, 2.24) is 15.2 Å². The molecule has 1 amide bonds. The molecule has 8 heteroatoms. The zero-order valence-electron chi connectivity index (χ0n) is 13.2. The Kier molecular flexibility index (Phi) is 6.19. The lowest BCUT2D eigenvalue weighted by Crippen LogP contribution is -2.44. The Labute approximate surface area is 138 Å². The van der Waals surface area contributed by atoms with Crippen LogP contribution in [0.5, 0.6) is 5.88 Å². The Morgan fingerprint density at radius 1 is 1.42 bits per heavy atom. The van der Waals surface area contributed by atoms with Gasteiger partial charge in [0.25, 0.3) is 5.91 Å². The van der Waals surface area contributed by atoms with Gasteiger partial charge in [-0.25, -0.2) is 4.98 Å². The molecule has 1 saturated heterocycles. The number of rotatable bonds is 6. The Morgan fingerprint density at radius 3 is 2.75 bits per heavy atom. The van der Waals surface area contributed by atoms with Crippen LogP contribution in [0.25, 0.3) is 0 Å². The predicted octanol–water partition coefficient (Wildman–Crippen LogP) is 2.40. The quantitative estimate of drug-likeness (QED) is 0.806. The van der Waals surface area contributed by atoms with Crippen molar-refractivity contribution in [2.45, 2.75) is 25.1 Å². The lowest BCUT2D eigenvalue weighted by Gasteiger charge is -2.31. The van der Waals surface area contributed by atoms with E-state index in [-0.39, 0.29) is 17.6 Å². The normalized spacial score (nSPS) is 16.6. The summed E-state index contributed by atoms with van der Waals surface area (Å²) in [6.45, 7) is 4.80. The molecule has 132 valence electrons. The molecule has 0 aliphatic carbocycles. The average Bonchev–Trinajstić information content (AvgIpc) is 2.55. The summed E-state index contributed by atoms with van der Waals surface area (Å²) in [5.41, 5.74) is 0.0446. The molecular formula is C16H20F3N3O2. The molecule has 1 fully saturated rings. The van der Waals surface area contributed by atoms with E-state index in [1.165, 1.54) is 18.2 Å². The minimum Gasteiger partial charge on any atom is -0.468 e. The minimum absolute atomic E-state index is 0.0279. The number of aromatic nitrogens is 1. The number of alkyl halides is 3. The number of nitrogens with one attached hydrogen (secondary N) is 1. The van der Waals surface area contributed by atoms with Crippen LogP contribution in [0.15, 0.2) is 30.9 Å². The van der Waals surface area contributed by atoms with E-state index in [1.54, 1.807) is 0 Å². The van der Waals surface area contributed by atoms with Gasteiger partial charge in [-0.1, -0.05) is 12.1 Å². The summed E-state index contributed by atoms with van der Waals surface area (Å²) in [5.74, 6) is -0.629. The number of hydrogen-bond acceptors (Lipinski definition) is 4. The monoisotopic (exact) mass is 343 g/mol. The van der Waals surface area contributed by atoms with E-state index in [9.17, 15) is 18.0 Å². The van der Waals surface area contributed by atoms with Gasteiger partial charge in [0.1, 0.15) is 5.69 Å². The first-order chi connectivity index (χ1) is 11.4. The minimum atomic E-state index is -4.45. The van der Waals surface area contributed by atoms with Crippen LogP contribution < -0.4 is 10.1 Å². The van der Waals surface area contributed by atoms with Crippen LogP contribution in [0.1, 0.15) is 23.3 Å². The van der Waals surface area contributed by atoms with E-state index in [1.807, 2.05) is 6.08 Å². The smallest absolute Gasteiger partial charge is 0.422 e. The Hall–Kier alpha value is -2.09. The van der Waals surface area contributed by atoms with Gasteiger partial charge in [-0.05, 0) is 18.9 Å². The Balaban J connectivity index is 1.87. The fourth-order valence-corrected chi connectivity index (χ4v) is 2.48. The van der Waals surface area contributed by atoms with E-state index in [4.69, 9.17) is 0 Å². The lowest BCUT2D eigenvalue weighted by molar-refractivity contribution is -0.154. The maximum Gasteiger partial charge on any atom is 0.422 e. The van der Waals surface area contributed by atoms with Crippen LogP contribution in [0.4, 0.5) is 13.2 Å². The maximum absolute atomic E-state index is 12.2. The second-order valence-corrected chi connectivity index (χ2v) is 5.60. The molecule has 24 heavy (non-hydrogen) atoms. The number of nitrogens with zero attached hydrogens (tertiary/aromatic N) is 2. The van der Waals surface area contributed by atoms with Crippen molar-refractivity contribution in [3.63, 3.8) is 0 Å². The standard InChI is InChI=1S/C16H20F3N3O2/c1-2-8-22-9-6-12(7-10-22)20-15(23)13-4-3-5-14(21-13)24-11-16(17,18)19/h2-5,12H,1,6-11H2,(H,20,23). The number of piperidine rings is 1. The van der Waals surface area contributed by atoms with E-state index < -0.39 is 18.7 Å². The largest absolute Gasteiger partial charge is 0.468 e. The molecule has 0 aromatic carbocycles. The summed E-state index contributed by atoms with van der Waals surface area (Å²) in [6, 6.07) is 4.21. The van der Waals surface area contributed by atoms with E-state index in [2.05, 4.69) is 26.5 Å². The molecule has 1 aromatic heterocycles. The summed E-state index contributed by atoms with van der Waals surface area (Å²) in [5, 5.41) is 2.87. The molecular weight excluding hydrogens is 323 g/mol. The summed E-state index contributed by atoms with van der Waals surface area (Å²) in [6.07, 6.45) is -0.984. The highest BCUT2D eigenvalue weighted by Crippen LogP contribution is 2.17. The molecule has 1 N–H and O–H groups in total. The van der Waals surface area contributed by atoms with Crippen LogP contribution in [0.3, 0.4) is 0 Å². The van der Waals surface area contributed by atoms with Gasteiger partial charge in [0.15, 0.2) is 6.61 Å². The van der Waals surface area contributed by atoms with Crippen molar-refractivity contribution in [1.29, 1.82) is 0 Å². The Morgan fingerprint density at radius 2 is 2.12 bits per heavy atom. The van der Waals surface area contributed by atoms with Gasteiger partial charge in [0, 0.05) is 31.7 Å². The molecule has 0 bridgehead atoms. The van der Waals surface area contributed by atoms with E-state index >= 15 is 0 Å². The fourth-order valence-electron chi connectivity index (χ4n) is 2.48. The van der Waals surface area contributed by atoms with Gasteiger partial charge in [-0.2, -0.15) is 13.2 Å². The molecule has 0 unspecified atom stereocenters. The molecule has 1 aliphatic rings. The second-order valence-electron chi connectivity index (χ2n) is 5.60. The highest BCUT2D eigenvalue weighted by atomic mass is 19.4. The van der Waals surface area contributed by atoms with Crippen LogP contribution in [0, 0.1) is 0 Å².